The van der Waals surface area contributed by atoms with Gasteiger partial charge in [-0.3, -0.25) is 4.79 Å². The van der Waals surface area contributed by atoms with Crippen molar-refractivity contribution in [2.24, 2.45) is 0 Å². The molecule has 0 saturated carbocycles. The van der Waals surface area contributed by atoms with Crippen LogP contribution >= 0.6 is 0 Å². The third-order valence-electron chi connectivity index (χ3n) is 4.16. The van der Waals surface area contributed by atoms with Crippen molar-refractivity contribution < 1.29 is 23.8 Å². The minimum absolute atomic E-state index is 0.0336. The molecule has 0 amide bonds. The molecule has 0 fully saturated rings. The predicted octanol–water partition coefficient (Wildman–Crippen LogP) is 4.73. The van der Waals surface area contributed by atoms with E-state index in [1.54, 1.807) is 48.5 Å². The maximum atomic E-state index is 13.7. The zero-order valence-electron chi connectivity index (χ0n) is 14.2. The van der Waals surface area contributed by atoms with Gasteiger partial charge >= 0.3 is 0 Å². The van der Waals surface area contributed by atoms with Crippen LogP contribution < -0.4 is 9.47 Å². The molecule has 3 aromatic rings. The third kappa shape index (κ3) is 3.53. The third-order valence-corrected chi connectivity index (χ3v) is 4.16. The number of carbonyl (C=O) groups excluding carboxylic acids is 1. The molecule has 3 aromatic carbocycles. The molecule has 5 heteroatoms. The lowest BCUT2D eigenvalue weighted by Gasteiger charge is -2.08. The molecule has 4 rings (SSSR count). The van der Waals surface area contributed by atoms with Crippen LogP contribution in [0.25, 0.3) is 6.08 Å². The number of aromatic hydroxyl groups is 1. The molecule has 0 saturated heterocycles. The van der Waals surface area contributed by atoms with Gasteiger partial charge in [-0.2, -0.15) is 0 Å². The van der Waals surface area contributed by atoms with Gasteiger partial charge in [0.25, 0.3) is 0 Å². The number of carbonyl (C=O) groups is 1. The maximum Gasteiger partial charge on any atom is 0.231 e. The molecule has 0 atom stereocenters. The molecule has 0 unspecified atom stereocenters. The minimum Gasteiger partial charge on any atom is -0.508 e. The van der Waals surface area contributed by atoms with Gasteiger partial charge in [-0.15, -0.1) is 0 Å². The first-order valence-electron chi connectivity index (χ1n) is 8.34. The van der Waals surface area contributed by atoms with Crippen LogP contribution in [0.2, 0.25) is 0 Å². The van der Waals surface area contributed by atoms with Gasteiger partial charge in [0.1, 0.15) is 29.7 Å². The molecular formula is C22H15FO4. The Morgan fingerprint density at radius 1 is 1.04 bits per heavy atom. The Hall–Kier alpha value is -3.60. The largest absolute Gasteiger partial charge is 0.508 e. The number of hydrogen-bond donors (Lipinski definition) is 1. The molecule has 1 aliphatic rings. The van der Waals surface area contributed by atoms with Crippen molar-refractivity contribution in [1.29, 1.82) is 0 Å². The molecule has 134 valence electrons. The van der Waals surface area contributed by atoms with Crippen LogP contribution in [-0.2, 0) is 6.61 Å². The van der Waals surface area contributed by atoms with E-state index in [-0.39, 0.29) is 29.7 Å². The van der Waals surface area contributed by atoms with E-state index >= 15 is 0 Å². The highest BCUT2D eigenvalue weighted by Gasteiger charge is 2.27. The number of rotatable bonds is 4. The highest BCUT2D eigenvalue weighted by molar-refractivity contribution is 6.14. The average Bonchev–Trinajstić information content (AvgIpc) is 2.96. The summed E-state index contributed by atoms with van der Waals surface area (Å²) < 4.78 is 24.9. The molecule has 4 nitrogen and oxygen atoms in total. The Morgan fingerprint density at radius 2 is 1.89 bits per heavy atom. The van der Waals surface area contributed by atoms with Crippen LogP contribution in [0.15, 0.2) is 72.5 Å². The zero-order chi connectivity index (χ0) is 18.8. The minimum atomic E-state index is -0.318. The Morgan fingerprint density at radius 3 is 2.74 bits per heavy atom. The number of phenols is 1. The van der Waals surface area contributed by atoms with E-state index < -0.39 is 0 Å². The van der Waals surface area contributed by atoms with Crippen molar-refractivity contribution in [2.75, 3.05) is 0 Å². The van der Waals surface area contributed by atoms with E-state index in [2.05, 4.69) is 0 Å². The zero-order valence-corrected chi connectivity index (χ0v) is 14.2. The first kappa shape index (κ1) is 16.8. The van der Waals surface area contributed by atoms with E-state index in [9.17, 15) is 14.3 Å². The summed E-state index contributed by atoms with van der Waals surface area (Å²) in [7, 11) is 0. The highest BCUT2D eigenvalue weighted by atomic mass is 19.1. The van der Waals surface area contributed by atoms with Crippen molar-refractivity contribution in [3.63, 3.8) is 0 Å². The maximum absolute atomic E-state index is 13.7. The summed E-state index contributed by atoms with van der Waals surface area (Å²) in [4.78, 5) is 12.4. The van der Waals surface area contributed by atoms with Crippen LogP contribution in [0.3, 0.4) is 0 Å². The lowest BCUT2D eigenvalue weighted by Crippen LogP contribution is -1.99. The molecule has 27 heavy (non-hydrogen) atoms. The van der Waals surface area contributed by atoms with Crippen molar-refractivity contribution in [2.45, 2.75) is 6.61 Å². The molecule has 0 radical (unpaired) electrons. The van der Waals surface area contributed by atoms with Crippen LogP contribution in [0.1, 0.15) is 21.5 Å². The van der Waals surface area contributed by atoms with E-state index in [4.69, 9.17) is 9.47 Å². The topological polar surface area (TPSA) is 55.8 Å². The number of fused-ring (bicyclic) bond motifs is 1. The van der Waals surface area contributed by atoms with E-state index in [0.29, 0.717) is 28.2 Å². The van der Waals surface area contributed by atoms with Crippen molar-refractivity contribution >= 4 is 11.9 Å². The summed E-state index contributed by atoms with van der Waals surface area (Å²) in [6.45, 7) is 0.104. The molecule has 1 N–H and O–H groups in total. The van der Waals surface area contributed by atoms with E-state index in [1.165, 1.54) is 24.3 Å². The number of hydrogen-bond acceptors (Lipinski definition) is 4. The van der Waals surface area contributed by atoms with Gasteiger partial charge in [-0.25, -0.2) is 4.39 Å². The Kier molecular flexibility index (Phi) is 4.34. The lowest BCUT2D eigenvalue weighted by molar-refractivity contribution is 0.101. The van der Waals surface area contributed by atoms with Gasteiger partial charge in [0.15, 0.2) is 5.76 Å². The Labute approximate surface area is 155 Å². The number of ketones is 1. The first-order chi connectivity index (χ1) is 13.1. The second-order valence-corrected chi connectivity index (χ2v) is 6.07. The fourth-order valence-corrected chi connectivity index (χ4v) is 2.80. The summed E-state index contributed by atoms with van der Waals surface area (Å²) >= 11 is 0. The van der Waals surface area contributed by atoms with Crippen molar-refractivity contribution in [3.8, 4) is 17.2 Å². The van der Waals surface area contributed by atoms with E-state index in [0.717, 1.165) is 0 Å². The fraction of sp³-hybridized carbons (Fsp3) is 0.0455. The highest BCUT2D eigenvalue weighted by Crippen LogP contribution is 2.34. The molecule has 0 aromatic heterocycles. The van der Waals surface area contributed by atoms with E-state index in [1.807, 2.05) is 0 Å². The van der Waals surface area contributed by atoms with Gasteiger partial charge in [0, 0.05) is 11.6 Å². The standard InChI is InChI=1S/C22H15FO4/c23-19-7-2-1-5-15(19)13-26-17-6-3-4-14(10-17)11-21-22(25)18-9-8-16(24)12-20(18)27-21/h1-12,24H,13H2/b21-11-. The van der Waals surface area contributed by atoms with Gasteiger partial charge in [-0.05, 0) is 42.0 Å². The summed E-state index contributed by atoms with van der Waals surface area (Å²) in [5.41, 5.74) is 1.58. The fourth-order valence-electron chi connectivity index (χ4n) is 2.80. The normalized spacial score (nSPS) is 14.1. The summed E-state index contributed by atoms with van der Waals surface area (Å²) in [6, 6.07) is 17.9. The number of ether oxygens (including phenoxy) is 2. The quantitative estimate of drug-likeness (QED) is 0.682. The lowest BCUT2D eigenvalue weighted by atomic mass is 10.1. The second-order valence-electron chi connectivity index (χ2n) is 6.07. The molecular weight excluding hydrogens is 347 g/mol. The van der Waals surface area contributed by atoms with Crippen LogP contribution in [-0.4, -0.2) is 10.9 Å². The SMILES string of the molecule is O=C1/C(=C/c2cccc(OCc3ccccc3F)c2)Oc2cc(O)ccc21. The monoisotopic (exact) mass is 362 g/mol. The summed E-state index contributed by atoms with van der Waals surface area (Å²) in [5.74, 6) is 0.518. The Bertz CT molecular complexity index is 1060. The number of Topliss-reactive ketones (excluding diaryl/α,β-unsaturated/α-hetero) is 1. The predicted molar refractivity (Wildman–Crippen MR) is 98.2 cm³/mol. The second kappa shape index (κ2) is 6.96. The number of benzene rings is 3. The molecule has 1 heterocycles. The molecule has 0 aliphatic carbocycles. The van der Waals surface area contributed by atoms with Gasteiger partial charge < -0.3 is 14.6 Å². The summed E-state index contributed by atoms with van der Waals surface area (Å²) in [5, 5.41) is 9.51. The summed E-state index contributed by atoms with van der Waals surface area (Å²) in [6.07, 6.45) is 1.61. The average molecular weight is 362 g/mol. The number of halogens is 1. The van der Waals surface area contributed by atoms with Gasteiger partial charge in [0.05, 0.1) is 5.56 Å². The van der Waals surface area contributed by atoms with Gasteiger partial charge in [-0.1, -0.05) is 30.3 Å². The molecule has 0 spiro atoms. The number of allylic oxidation sites excluding steroid dienone is 1. The van der Waals surface area contributed by atoms with Crippen LogP contribution in [0, 0.1) is 5.82 Å². The van der Waals surface area contributed by atoms with Crippen molar-refractivity contribution in [3.05, 3.63) is 95.0 Å². The smallest absolute Gasteiger partial charge is 0.231 e. The van der Waals surface area contributed by atoms with Gasteiger partial charge in [0.2, 0.25) is 5.78 Å². The first-order valence-corrected chi connectivity index (χ1v) is 8.34. The number of phenolic OH excluding ortho intramolecular Hbond substituents is 1. The Balaban J connectivity index is 1.52. The van der Waals surface area contributed by atoms with Crippen molar-refractivity contribution in [1.82, 2.24) is 0 Å². The molecule has 0 bridgehead atoms. The van der Waals surface area contributed by atoms with Crippen LogP contribution in [0.5, 0.6) is 17.2 Å². The van der Waals surface area contributed by atoms with Crippen LogP contribution in [0.4, 0.5) is 4.39 Å². The molecule has 1 aliphatic heterocycles.